The molecule has 0 radical (unpaired) electrons. The van der Waals surface area contributed by atoms with Crippen molar-refractivity contribution in [3.8, 4) is 17.1 Å². The van der Waals surface area contributed by atoms with Crippen LogP contribution in [0.1, 0.15) is 45.0 Å². The molecule has 2 aromatic heterocycles. The first-order valence-electron chi connectivity index (χ1n) is 12.1. The van der Waals surface area contributed by atoms with E-state index >= 15 is 0 Å². The largest absolute Gasteiger partial charge is 0.497 e. The zero-order valence-electron chi connectivity index (χ0n) is 22.6. The summed E-state index contributed by atoms with van der Waals surface area (Å²) in [5.41, 5.74) is 3.15. The van der Waals surface area contributed by atoms with Crippen LogP contribution >= 0.6 is 0 Å². The standard InChI is InChI=1S/C29H33N3O5/c1-17(2)31(6)24-15-19-13-18(27(33)36-8)9-11-22(19)30-26(24)25-16-20-14-21(35-7)10-12-23(20)32(25)28(34)37-29(3,4)5/h9-17H,1-8H3. The number of carbonyl (C=O) groups is 2. The first kappa shape index (κ1) is 26.0. The van der Waals surface area contributed by atoms with Crippen molar-refractivity contribution >= 4 is 39.6 Å². The summed E-state index contributed by atoms with van der Waals surface area (Å²) in [7, 11) is 4.94. The number of hydrogen-bond donors (Lipinski definition) is 0. The average Bonchev–Trinajstić information content (AvgIpc) is 3.24. The van der Waals surface area contributed by atoms with Crippen LogP contribution in [-0.4, -0.2) is 54.5 Å². The van der Waals surface area contributed by atoms with Crippen LogP contribution in [0.4, 0.5) is 10.5 Å². The fourth-order valence-electron chi connectivity index (χ4n) is 4.14. The van der Waals surface area contributed by atoms with Gasteiger partial charge in [-0.1, -0.05) is 0 Å². The summed E-state index contributed by atoms with van der Waals surface area (Å²) in [4.78, 5) is 32.8. The summed E-state index contributed by atoms with van der Waals surface area (Å²) >= 11 is 0. The fraction of sp³-hybridized carbons (Fsp3) is 0.345. The minimum absolute atomic E-state index is 0.140. The van der Waals surface area contributed by atoms with E-state index in [1.165, 1.54) is 7.11 Å². The van der Waals surface area contributed by atoms with Crippen molar-refractivity contribution in [3.05, 3.63) is 54.1 Å². The fourth-order valence-corrected chi connectivity index (χ4v) is 4.14. The van der Waals surface area contributed by atoms with Crippen LogP contribution in [0.15, 0.2) is 48.5 Å². The Hall–Kier alpha value is -4.07. The van der Waals surface area contributed by atoms with E-state index in [9.17, 15) is 9.59 Å². The van der Waals surface area contributed by atoms with Gasteiger partial charge in [0, 0.05) is 23.9 Å². The molecule has 0 saturated heterocycles. The molecule has 0 bridgehead atoms. The zero-order chi connectivity index (χ0) is 27.1. The summed E-state index contributed by atoms with van der Waals surface area (Å²) in [6, 6.07) is 14.8. The Morgan fingerprint density at radius 1 is 0.973 bits per heavy atom. The Bertz CT molecular complexity index is 1500. The minimum atomic E-state index is -0.684. The van der Waals surface area contributed by atoms with Gasteiger partial charge < -0.3 is 19.1 Å². The summed E-state index contributed by atoms with van der Waals surface area (Å²) in [5.74, 6) is 0.269. The molecular weight excluding hydrogens is 470 g/mol. The number of ether oxygens (including phenoxy) is 3. The summed E-state index contributed by atoms with van der Waals surface area (Å²) in [6.07, 6.45) is -0.497. The van der Waals surface area contributed by atoms with Crippen molar-refractivity contribution in [3.63, 3.8) is 0 Å². The monoisotopic (exact) mass is 503 g/mol. The number of aromatic nitrogens is 2. The van der Waals surface area contributed by atoms with Crippen molar-refractivity contribution in [1.29, 1.82) is 0 Å². The van der Waals surface area contributed by atoms with Crippen LogP contribution in [0.5, 0.6) is 5.75 Å². The van der Waals surface area contributed by atoms with Gasteiger partial charge in [0.25, 0.3) is 0 Å². The van der Waals surface area contributed by atoms with Gasteiger partial charge in [-0.05, 0) is 83.1 Å². The molecule has 0 saturated carbocycles. The predicted molar refractivity (Wildman–Crippen MR) is 146 cm³/mol. The number of esters is 1. The number of anilines is 1. The van der Waals surface area contributed by atoms with Crippen LogP contribution in [0.3, 0.4) is 0 Å². The van der Waals surface area contributed by atoms with Crippen LogP contribution in [0.25, 0.3) is 33.2 Å². The van der Waals surface area contributed by atoms with E-state index in [2.05, 4.69) is 18.7 Å². The molecule has 0 spiro atoms. The number of benzene rings is 2. The second-order valence-electron chi connectivity index (χ2n) is 10.2. The minimum Gasteiger partial charge on any atom is -0.497 e. The van der Waals surface area contributed by atoms with Gasteiger partial charge in [0.05, 0.1) is 42.2 Å². The van der Waals surface area contributed by atoms with Gasteiger partial charge in [-0.3, -0.25) is 0 Å². The Morgan fingerprint density at radius 2 is 1.70 bits per heavy atom. The lowest BCUT2D eigenvalue weighted by atomic mass is 10.1. The molecule has 8 heteroatoms. The van der Waals surface area contributed by atoms with Crippen molar-refractivity contribution in [2.24, 2.45) is 0 Å². The third-order valence-electron chi connectivity index (χ3n) is 6.20. The quantitative estimate of drug-likeness (QED) is 0.296. The topological polar surface area (TPSA) is 82.9 Å². The molecule has 194 valence electrons. The van der Waals surface area contributed by atoms with Gasteiger partial charge in [0.2, 0.25) is 0 Å². The van der Waals surface area contributed by atoms with Crippen molar-refractivity contribution < 1.29 is 23.8 Å². The first-order valence-corrected chi connectivity index (χ1v) is 12.1. The number of carbonyl (C=O) groups excluding carboxylic acids is 2. The second kappa shape index (κ2) is 9.76. The maximum Gasteiger partial charge on any atom is 0.419 e. The van der Waals surface area contributed by atoms with Gasteiger partial charge >= 0.3 is 12.1 Å². The third kappa shape index (κ3) is 5.09. The van der Waals surface area contributed by atoms with Crippen molar-refractivity contribution in [2.45, 2.75) is 46.3 Å². The van der Waals surface area contributed by atoms with E-state index < -0.39 is 17.7 Å². The lowest BCUT2D eigenvalue weighted by Crippen LogP contribution is -2.28. The van der Waals surface area contributed by atoms with Gasteiger partial charge in [-0.25, -0.2) is 19.1 Å². The van der Waals surface area contributed by atoms with E-state index in [-0.39, 0.29) is 6.04 Å². The molecule has 0 N–H and O–H groups in total. The van der Waals surface area contributed by atoms with Gasteiger partial charge in [0.15, 0.2) is 0 Å². The number of fused-ring (bicyclic) bond motifs is 2. The van der Waals surface area contributed by atoms with Crippen molar-refractivity contribution in [1.82, 2.24) is 9.55 Å². The van der Waals surface area contributed by atoms with E-state index in [0.29, 0.717) is 33.7 Å². The van der Waals surface area contributed by atoms with Gasteiger partial charge in [-0.2, -0.15) is 0 Å². The number of nitrogens with zero attached hydrogens (tertiary/aromatic N) is 3. The zero-order valence-corrected chi connectivity index (χ0v) is 22.6. The Labute approximate surface area is 216 Å². The molecule has 0 fully saturated rings. The summed E-state index contributed by atoms with van der Waals surface area (Å²) in [6.45, 7) is 9.67. The smallest absolute Gasteiger partial charge is 0.419 e. The summed E-state index contributed by atoms with van der Waals surface area (Å²) in [5, 5.41) is 1.61. The highest BCUT2D eigenvalue weighted by atomic mass is 16.6. The summed E-state index contributed by atoms with van der Waals surface area (Å²) < 4.78 is 17.7. The maximum atomic E-state index is 13.5. The molecule has 8 nitrogen and oxygen atoms in total. The van der Waals surface area contributed by atoms with E-state index in [1.54, 1.807) is 29.9 Å². The van der Waals surface area contributed by atoms with Crippen LogP contribution in [0, 0.1) is 0 Å². The molecular formula is C29H33N3O5. The maximum absolute atomic E-state index is 13.5. The van der Waals surface area contributed by atoms with Crippen LogP contribution < -0.4 is 9.64 Å². The van der Waals surface area contributed by atoms with E-state index in [0.717, 1.165) is 16.5 Å². The highest BCUT2D eigenvalue weighted by molar-refractivity contribution is 6.01. The van der Waals surface area contributed by atoms with Crippen LogP contribution in [0.2, 0.25) is 0 Å². The van der Waals surface area contributed by atoms with Gasteiger partial charge in [0.1, 0.15) is 17.0 Å². The molecule has 0 unspecified atom stereocenters. The van der Waals surface area contributed by atoms with E-state index in [1.807, 2.05) is 58.2 Å². The Morgan fingerprint density at radius 3 is 2.32 bits per heavy atom. The lowest BCUT2D eigenvalue weighted by molar-refractivity contribution is 0.0545. The normalized spacial score (nSPS) is 11.7. The molecule has 0 aliphatic heterocycles. The van der Waals surface area contributed by atoms with Crippen LogP contribution in [-0.2, 0) is 9.47 Å². The number of hydrogen-bond acceptors (Lipinski definition) is 7. The average molecular weight is 504 g/mol. The predicted octanol–water partition coefficient (Wildman–Crippen LogP) is 6.28. The van der Waals surface area contributed by atoms with Crippen molar-refractivity contribution in [2.75, 3.05) is 26.2 Å². The van der Waals surface area contributed by atoms with Gasteiger partial charge in [-0.15, -0.1) is 0 Å². The lowest BCUT2D eigenvalue weighted by Gasteiger charge is -2.27. The molecule has 2 aromatic carbocycles. The molecule has 0 amide bonds. The molecule has 0 aliphatic rings. The SMILES string of the molecule is COC(=O)c1ccc2nc(-c3cc4cc(OC)ccc4n3C(=O)OC(C)(C)C)c(N(C)C(C)C)cc2c1. The Kier molecular flexibility index (Phi) is 6.86. The molecule has 2 heterocycles. The highest BCUT2D eigenvalue weighted by Crippen LogP contribution is 2.37. The highest BCUT2D eigenvalue weighted by Gasteiger charge is 2.26. The number of methoxy groups -OCH3 is 2. The molecule has 0 atom stereocenters. The van der Waals surface area contributed by atoms with E-state index in [4.69, 9.17) is 19.2 Å². The Balaban J connectivity index is 2.04. The number of rotatable bonds is 5. The number of pyridine rings is 1. The molecule has 37 heavy (non-hydrogen) atoms. The second-order valence-corrected chi connectivity index (χ2v) is 10.2. The molecule has 4 aromatic rings. The molecule has 4 rings (SSSR count). The first-order chi connectivity index (χ1) is 17.4. The molecule has 0 aliphatic carbocycles. The third-order valence-corrected chi connectivity index (χ3v) is 6.20.